The minimum atomic E-state index is -0.351. The molecule has 1 aromatic carbocycles. The highest BCUT2D eigenvalue weighted by Crippen LogP contribution is 2.27. The van der Waals surface area contributed by atoms with E-state index in [0.29, 0.717) is 32.0 Å². The van der Waals surface area contributed by atoms with Crippen LogP contribution in [-0.4, -0.2) is 43.5 Å². The molecular weight excluding hydrogens is 332 g/mol. The summed E-state index contributed by atoms with van der Waals surface area (Å²) in [5, 5.41) is 0. The number of nitrogens with zero attached hydrogens (tertiary/aromatic N) is 2. The number of aryl methyl sites for hydroxylation is 1. The van der Waals surface area contributed by atoms with E-state index in [-0.39, 0.29) is 24.2 Å². The van der Waals surface area contributed by atoms with E-state index in [0.717, 1.165) is 11.3 Å². The molecule has 26 heavy (non-hydrogen) atoms. The number of rotatable bonds is 7. The Morgan fingerprint density at radius 1 is 1.31 bits per heavy atom. The molecule has 0 bridgehead atoms. The fourth-order valence-corrected chi connectivity index (χ4v) is 3.16. The lowest BCUT2D eigenvalue weighted by Gasteiger charge is -2.24. The van der Waals surface area contributed by atoms with Gasteiger partial charge in [0.1, 0.15) is 5.76 Å². The van der Waals surface area contributed by atoms with Crippen LogP contribution < -0.4 is 4.90 Å². The van der Waals surface area contributed by atoms with E-state index in [1.54, 1.807) is 29.2 Å². The van der Waals surface area contributed by atoms with E-state index < -0.39 is 0 Å². The Morgan fingerprint density at radius 3 is 2.73 bits per heavy atom. The molecule has 1 saturated heterocycles. The van der Waals surface area contributed by atoms with Crippen LogP contribution in [0.5, 0.6) is 0 Å². The second-order valence-electron chi connectivity index (χ2n) is 6.57. The van der Waals surface area contributed by atoms with Gasteiger partial charge in [-0.15, -0.1) is 0 Å². The Bertz CT molecular complexity index is 740. The fourth-order valence-electron chi connectivity index (χ4n) is 3.16. The molecule has 1 aliphatic heterocycles. The first kappa shape index (κ1) is 18.2. The minimum absolute atomic E-state index is 0.0168. The molecule has 1 aromatic heterocycles. The van der Waals surface area contributed by atoms with Gasteiger partial charge in [-0.1, -0.05) is 17.7 Å². The van der Waals surface area contributed by atoms with E-state index in [1.165, 1.54) is 0 Å². The van der Waals surface area contributed by atoms with Crippen molar-refractivity contribution in [1.82, 2.24) is 4.90 Å². The first-order valence-electron chi connectivity index (χ1n) is 8.75. The number of furan rings is 1. The van der Waals surface area contributed by atoms with Gasteiger partial charge in [0.25, 0.3) is 0 Å². The Kier molecular flexibility index (Phi) is 5.73. The van der Waals surface area contributed by atoms with Gasteiger partial charge in [-0.3, -0.25) is 9.59 Å². The van der Waals surface area contributed by atoms with Crippen molar-refractivity contribution in [3.05, 3.63) is 54.0 Å². The fraction of sp³-hybridized carbons (Fsp3) is 0.400. The number of hydrogen-bond acceptors (Lipinski definition) is 4. The molecule has 3 rings (SSSR count). The van der Waals surface area contributed by atoms with Gasteiger partial charge < -0.3 is 19.0 Å². The van der Waals surface area contributed by atoms with Gasteiger partial charge in [0.05, 0.1) is 25.3 Å². The molecule has 0 spiro atoms. The van der Waals surface area contributed by atoms with Crippen LogP contribution in [0.1, 0.15) is 17.7 Å². The summed E-state index contributed by atoms with van der Waals surface area (Å²) >= 11 is 0. The zero-order valence-corrected chi connectivity index (χ0v) is 15.2. The first-order valence-corrected chi connectivity index (χ1v) is 8.75. The standard InChI is InChI=1S/C20H24N2O4/c1-15-5-7-17(8-6-15)22-13-16(12-19(22)23)20(24)21(9-11-25-2)14-18-4-3-10-26-18/h3-8,10,16H,9,11-14H2,1-2H3. The Labute approximate surface area is 153 Å². The smallest absolute Gasteiger partial charge is 0.228 e. The lowest BCUT2D eigenvalue weighted by Crippen LogP contribution is -2.39. The van der Waals surface area contributed by atoms with E-state index in [2.05, 4.69) is 0 Å². The van der Waals surface area contributed by atoms with E-state index in [4.69, 9.17) is 9.15 Å². The Hall–Kier alpha value is -2.60. The number of anilines is 1. The summed E-state index contributed by atoms with van der Waals surface area (Å²) < 4.78 is 10.5. The van der Waals surface area contributed by atoms with Gasteiger partial charge in [0, 0.05) is 32.3 Å². The van der Waals surface area contributed by atoms with Gasteiger partial charge in [-0.25, -0.2) is 0 Å². The lowest BCUT2D eigenvalue weighted by atomic mass is 10.1. The average Bonchev–Trinajstić information content (AvgIpc) is 3.28. The van der Waals surface area contributed by atoms with Crippen molar-refractivity contribution in [2.24, 2.45) is 5.92 Å². The second-order valence-corrected chi connectivity index (χ2v) is 6.57. The third-order valence-corrected chi connectivity index (χ3v) is 4.62. The normalized spacial score (nSPS) is 16.9. The van der Waals surface area contributed by atoms with Crippen molar-refractivity contribution in [3.8, 4) is 0 Å². The molecule has 138 valence electrons. The maximum absolute atomic E-state index is 13.0. The highest BCUT2D eigenvalue weighted by atomic mass is 16.5. The molecule has 2 amide bonds. The average molecular weight is 356 g/mol. The predicted octanol–water partition coefficient (Wildman–Crippen LogP) is 2.62. The third-order valence-electron chi connectivity index (χ3n) is 4.62. The molecule has 1 aliphatic rings. The van der Waals surface area contributed by atoms with Gasteiger partial charge in [0.2, 0.25) is 11.8 Å². The van der Waals surface area contributed by atoms with Crippen molar-refractivity contribution >= 4 is 17.5 Å². The van der Waals surface area contributed by atoms with Crippen molar-refractivity contribution in [3.63, 3.8) is 0 Å². The zero-order chi connectivity index (χ0) is 18.5. The molecule has 2 aromatic rings. The maximum atomic E-state index is 13.0. The largest absolute Gasteiger partial charge is 0.467 e. The summed E-state index contributed by atoms with van der Waals surface area (Å²) in [5.41, 5.74) is 1.97. The summed E-state index contributed by atoms with van der Waals surface area (Å²) in [6.45, 7) is 3.69. The van der Waals surface area contributed by atoms with Crippen molar-refractivity contribution in [2.45, 2.75) is 19.9 Å². The van der Waals surface area contributed by atoms with Crippen LogP contribution in [0, 0.1) is 12.8 Å². The van der Waals surface area contributed by atoms with E-state index >= 15 is 0 Å². The van der Waals surface area contributed by atoms with Crippen LogP contribution in [0.15, 0.2) is 47.1 Å². The number of benzene rings is 1. The predicted molar refractivity (Wildman–Crippen MR) is 97.6 cm³/mol. The van der Waals surface area contributed by atoms with Crippen molar-refractivity contribution in [1.29, 1.82) is 0 Å². The maximum Gasteiger partial charge on any atom is 0.228 e. The van der Waals surface area contributed by atoms with Crippen LogP contribution in [0.3, 0.4) is 0 Å². The quantitative estimate of drug-likeness (QED) is 0.765. The van der Waals surface area contributed by atoms with Crippen molar-refractivity contribution < 1.29 is 18.7 Å². The molecule has 0 radical (unpaired) electrons. The van der Waals surface area contributed by atoms with Crippen LogP contribution in [-0.2, 0) is 20.9 Å². The summed E-state index contributed by atoms with van der Waals surface area (Å²) in [4.78, 5) is 28.8. The summed E-state index contributed by atoms with van der Waals surface area (Å²) in [7, 11) is 1.60. The highest BCUT2D eigenvalue weighted by Gasteiger charge is 2.37. The third kappa shape index (κ3) is 4.14. The van der Waals surface area contributed by atoms with Crippen molar-refractivity contribution in [2.75, 3.05) is 31.7 Å². The second kappa shape index (κ2) is 8.19. The van der Waals surface area contributed by atoms with Crippen LogP contribution in [0.2, 0.25) is 0 Å². The number of ether oxygens (including phenoxy) is 1. The van der Waals surface area contributed by atoms with E-state index in [1.807, 2.05) is 37.3 Å². The molecule has 2 heterocycles. The summed E-state index contributed by atoms with van der Waals surface area (Å²) in [6.07, 6.45) is 1.82. The molecule has 1 unspecified atom stereocenters. The molecular formula is C20H24N2O4. The Balaban J connectivity index is 1.70. The zero-order valence-electron chi connectivity index (χ0n) is 15.2. The monoisotopic (exact) mass is 356 g/mol. The molecule has 6 heteroatoms. The number of amides is 2. The summed E-state index contributed by atoms with van der Waals surface area (Å²) in [6, 6.07) is 11.4. The molecule has 0 aliphatic carbocycles. The topological polar surface area (TPSA) is 63.0 Å². The number of methoxy groups -OCH3 is 1. The minimum Gasteiger partial charge on any atom is -0.467 e. The van der Waals surface area contributed by atoms with Gasteiger partial charge in [-0.05, 0) is 31.2 Å². The van der Waals surface area contributed by atoms with Crippen LogP contribution in [0.4, 0.5) is 5.69 Å². The molecule has 0 N–H and O–H groups in total. The molecule has 6 nitrogen and oxygen atoms in total. The number of carbonyl (C=O) groups excluding carboxylic acids is 2. The SMILES string of the molecule is COCCN(Cc1ccco1)C(=O)C1CC(=O)N(c2ccc(C)cc2)C1. The van der Waals surface area contributed by atoms with Gasteiger partial charge in [-0.2, -0.15) is 0 Å². The number of hydrogen-bond donors (Lipinski definition) is 0. The Morgan fingerprint density at radius 2 is 2.08 bits per heavy atom. The summed E-state index contributed by atoms with van der Waals surface area (Å²) in [5.74, 6) is 0.308. The molecule has 1 fully saturated rings. The number of carbonyl (C=O) groups is 2. The first-order chi connectivity index (χ1) is 12.6. The molecule has 1 atom stereocenters. The van der Waals surface area contributed by atoms with Gasteiger partial charge >= 0.3 is 0 Å². The van der Waals surface area contributed by atoms with Crippen LogP contribution in [0.25, 0.3) is 0 Å². The molecule has 0 saturated carbocycles. The lowest BCUT2D eigenvalue weighted by molar-refractivity contribution is -0.137. The van der Waals surface area contributed by atoms with Crippen LogP contribution >= 0.6 is 0 Å². The van der Waals surface area contributed by atoms with Gasteiger partial charge in [0.15, 0.2) is 0 Å². The van der Waals surface area contributed by atoms with E-state index in [9.17, 15) is 9.59 Å². The highest BCUT2D eigenvalue weighted by molar-refractivity contribution is 6.00.